The van der Waals surface area contributed by atoms with Crippen molar-refractivity contribution in [1.29, 1.82) is 0 Å². The number of aromatic nitrogens is 5. The zero-order valence-electron chi connectivity index (χ0n) is 31.7. The molecule has 0 spiro atoms. The second-order valence-electron chi connectivity index (χ2n) is 14.7. The molecule has 0 amide bonds. The molecule has 0 atom stereocenters. The summed E-state index contributed by atoms with van der Waals surface area (Å²) in [5, 5.41) is 2.28. The summed E-state index contributed by atoms with van der Waals surface area (Å²) in [4.78, 5) is 27.0. The molecule has 273 valence electrons. The molecule has 0 N–H and O–H groups in total. The van der Waals surface area contributed by atoms with Crippen molar-refractivity contribution in [3.8, 4) is 11.5 Å². The molecular formula is C45H47CuN7. The van der Waals surface area contributed by atoms with Crippen LogP contribution in [0.25, 0.3) is 33.3 Å². The summed E-state index contributed by atoms with van der Waals surface area (Å²) in [5.74, 6) is 3.32. The van der Waals surface area contributed by atoms with Crippen LogP contribution in [0.2, 0.25) is 0 Å². The summed E-state index contributed by atoms with van der Waals surface area (Å²) in [6.45, 7) is 20.5. The van der Waals surface area contributed by atoms with Crippen molar-refractivity contribution in [1.82, 2.24) is 24.9 Å². The molecule has 0 saturated carbocycles. The SMILES string of the molecule is CC(C)c1cccc(C(C)C)c1N1[CH-]N(c2c(C(C)C)cccc2C(C)C)c2ncccc21.[Cu+2].c1ccc2c(c1)ccc1[n-]c(-c3cnccn3)nc12. The third-order valence-corrected chi connectivity index (χ3v) is 9.77. The molecule has 0 bridgehead atoms. The van der Waals surface area contributed by atoms with Crippen LogP contribution in [0.15, 0.2) is 110 Å². The maximum Gasteiger partial charge on any atom is 2.00 e. The Labute approximate surface area is 324 Å². The van der Waals surface area contributed by atoms with Gasteiger partial charge in [-0.2, -0.15) is 0 Å². The number of nitrogens with zero attached hydrogens (tertiary/aromatic N) is 7. The van der Waals surface area contributed by atoms with Crippen LogP contribution in [0.3, 0.4) is 0 Å². The third kappa shape index (κ3) is 7.31. The molecule has 8 heteroatoms. The predicted molar refractivity (Wildman–Crippen MR) is 216 cm³/mol. The van der Waals surface area contributed by atoms with E-state index in [4.69, 9.17) is 4.98 Å². The molecule has 7 nitrogen and oxygen atoms in total. The van der Waals surface area contributed by atoms with Crippen molar-refractivity contribution in [3.05, 3.63) is 139 Å². The number of hydrogen-bond acceptors (Lipinski definition) is 6. The number of fused-ring (bicyclic) bond motifs is 4. The van der Waals surface area contributed by atoms with Crippen LogP contribution in [0.5, 0.6) is 0 Å². The van der Waals surface area contributed by atoms with Gasteiger partial charge in [0.15, 0.2) is 0 Å². The van der Waals surface area contributed by atoms with Crippen molar-refractivity contribution in [2.45, 2.75) is 79.1 Å². The first kappa shape index (κ1) is 37.7. The number of benzene rings is 4. The topological polar surface area (TPSA) is 72.1 Å². The molecule has 0 fully saturated rings. The Hall–Kier alpha value is -5.04. The number of para-hydroxylation sites is 2. The maximum atomic E-state index is 4.90. The van der Waals surface area contributed by atoms with Gasteiger partial charge in [0.1, 0.15) is 5.82 Å². The molecule has 1 aliphatic heterocycles. The van der Waals surface area contributed by atoms with Crippen LogP contribution >= 0.6 is 0 Å². The van der Waals surface area contributed by atoms with Crippen LogP contribution < -0.4 is 14.8 Å². The van der Waals surface area contributed by atoms with Gasteiger partial charge in [-0.05, 0) is 85.7 Å². The van der Waals surface area contributed by atoms with E-state index in [0.717, 1.165) is 27.9 Å². The quantitative estimate of drug-likeness (QED) is 0.119. The van der Waals surface area contributed by atoms with Gasteiger partial charge in [0.2, 0.25) is 0 Å². The Morgan fingerprint density at radius 3 is 1.77 bits per heavy atom. The Bertz CT molecular complexity index is 2190. The number of anilines is 4. The van der Waals surface area contributed by atoms with E-state index in [0.29, 0.717) is 35.2 Å². The first-order valence-corrected chi connectivity index (χ1v) is 18.4. The predicted octanol–water partition coefficient (Wildman–Crippen LogP) is 11.8. The molecular weight excluding hydrogens is 702 g/mol. The minimum absolute atomic E-state index is 0. The minimum atomic E-state index is 0. The number of rotatable bonds is 7. The zero-order chi connectivity index (χ0) is 36.5. The molecule has 4 aromatic carbocycles. The number of imidazole rings is 1. The zero-order valence-corrected chi connectivity index (χ0v) is 32.7. The molecule has 3 aromatic heterocycles. The Morgan fingerprint density at radius 2 is 1.19 bits per heavy atom. The largest absolute Gasteiger partial charge is 2.00 e. The fourth-order valence-electron chi connectivity index (χ4n) is 7.14. The molecule has 8 rings (SSSR count). The smallest absolute Gasteiger partial charge is 0.471 e. The first-order chi connectivity index (χ1) is 25.1. The summed E-state index contributed by atoms with van der Waals surface area (Å²) >= 11 is 0. The van der Waals surface area contributed by atoms with E-state index >= 15 is 0 Å². The van der Waals surface area contributed by atoms with Crippen molar-refractivity contribution in [3.63, 3.8) is 0 Å². The van der Waals surface area contributed by atoms with Gasteiger partial charge < -0.3 is 19.8 Å². The van der Waals surface area contributed by atoms with Gasteiger partial charge in [-0.3, -0.25) is 9.97 Å². The van der Waals surface area contributed by atoms with E-state index in [9.17, 15) is 0 Å². The van der Waals surface area contributed by atoms with Crippen molar-refractivity contribution < 1.29 is 17.1 Å². The average molecular weight is 749 g/mol. The van der Waals surface area contributed by atoms with E-state index in [-0.39, 0.29) is 17.1 Å². The van der Waals surface area contributed by atoms with Crippen molar-refractivity contribution >= 4 is 44.7 Å². The Morgan fingerprint density at radius 1 is 0.585 bits per heavy atom. The average Bonchev–Trinajstić information content (AvgIpc) is 3.77. The van der Waals surface area contributed by atoms with E-state index in [1.54, 1.807) is 18.6 Å². The second-order valence-corrected chi connectivity index (χ2v) is 14.7. The summed E-state index contributed by atoms with van der Waals surface area (Å²) in [7, 11) is 0. The van der Waals surface area contributed by atoms with Crippen LogP contribution in [0, 0.1) is 6.67 Å². The Balaban J connectivity index is 0.000000203. The van der Waals surface area contributed by atoms with E-state index < -0.39 is 0 Å². The van der Waals surface area contributed by atoms with Gasteiger partial charge in [-0.1, -0.05) is 128 Å². The summed E-state index contributed by atoms with van der Waals surface area (Å²) in [6.07, 6.45) is 6.88. The van der Waals surface area contributed by atoms with Crippen LogP contribution in [0.1, 0.15) is 101 Å². The van der Waals surface area contributed by atoms with Gasteiger partial charge in [0.25, 0.3) is 0 Å². The summed E-state index contributed by atoms with van der Waals surface area (Å²) in [6, 6.07) is 30.0. The standard InChI is InChI=1S/C30H38N3.C15H9N4.Cu/c1-19(2)23-12-9-13-24(20(3)4)28(23)32-18-33(30-27(32)16-11-17-31-30)29-25(21(5)6)14-10-15-26(29)22(7)8;1-2-4-11-10(3-1)5-6-12-14(11)19-15(18-12)13-9-16-7-8-17-13;/h9-22H,1-8H3;1-9H;/q2*-1;+2. The van der Waals surface area contributed by atoms with E-state index in [1.807, 2.05) is 30.5 Å². The minimum Gasteiger partial charge on any atom is -0.471 e. The summed E-state index contributed by atoms with van der Waals surface area (Å²) in [5.41, 5.74) is 11.7. The van der Waals surface area contributed by atoms with Gasteiger partial charge >= 0.3 is 17.1 Å². The van der Waals surface area contributed by atoms with Crippen molar-refractivity contribution in [2.24, 2.45) is 0 Å². The van der Waals surface area contributed by atoms with Crippen LogP contribution in [-0.2, 0) is 17.1 Å². The summed E-state index contributed by atoms with van der Waals surface area (Å²) < 4.78 is 0. The molecule has 53 heavy (non-hydrogen) atoms. The van der Waals surface area contributed by atoms with Gasteiger partial charge in [0, 0.05) is 30.0 Å². The van der Waals surface area contributed by atoms with Crippen molar-refractivity contribution in [2.75, 3.05) is 9.80 Å². The molecule has 1 aliphatic rings. The first-order valence-electron chi connectivity index (χ1n) is 18.4. The van der Waals surface area contributed by atoms with E-state index in [1.165, 1.54) is 39.0 Å². The van der Waals surface area contributed by atoms with Gasteiger partial charge in [0.05, 0.1) is 17.6 Å². The molecule has 4 heterocycles. The van der Waals surface area contributed by atoms with Gasteiger partial charge in [-0.25, -0.2) is 4.98 Å². The normalized spacial score (nSPS) is 12.5. The van der Waals surface area contributed by atoms with Gasteiger partial charge in [-0.15, -0.1) is 6.67 Å². The Kier molecular flexibility index (Phi) is 11.3. The monoisotopic (exact) mass is 748 g/mol. The second kappa shape index (κ2) is 15.9. The number of hydrogen-bond donors (Lipinski definition) is 0. The maximum absolute atomic E-state index is 4.90. The molecule has 0 aliphatic carbocycles. The van der Waals surface area contributed by atoms with Crippen LogP contribution in [-0.4, -0.2) is 19.9 Å². The molecule has 7 aromatic rings. The molecule has 1 radical (unpaired) electrons. The third-order valence-electron chi connectivity index (χ3n) is 9.77. The number of pyridine rings is 1. The van der Waals surface area contributed by atoms with E-state index in [2.05, 4.69) is 152 Å². The fourth-order valence-corrected chi connectivity index (χ4v) is 7.14. The molecule has 0 saturated heterocycles. The van der Waals surface area contributed by atoms with Crippen LogP contribution in [0.4, 0.5) is 22.9 Å². The fraction of sp³-hybridized carbons (Fsp3) is 0.267. The molecule has 0 unspecified atom stereocenters.